The molecule has 25 heavy (non-hydrogen) atoms. The third-order valence-electron chi connectivity index (χ3n) is 4.62. The maximum atomic E-state index is 12.8. The molecule has 1 fully saturated rings. The van der Waals surface area contributed by atoms with E-state index in [4.69, 9.17) is 4.52 Å². The molecule has 9 heteroatoms. The zero-order valence-corrected chi connectivity index (χ0v) is 14.3. The van der Waals surface area contributed by atoms with E-state index in [-0.39, 0.29) is 24.1 Å². The smallest absolute Gasteiger partial charge is 0.274 e. The van der Waals surface area contributed by atoms with Crippen molar-refractivity contribution >= 4 is 11.8 Å². The molecule has 0 spiro atoms. The van der Waals surface area contributed by atoms with Crippen molar-refractivity contribution in [2.45, 2.75) is 38.8 Å². The van der Waals surface area contributed by atoms with Gasteiger partial charge in [0, 0.05) is 32.1 Å². The molecular weight excluding hydrogens is 324 g/mol. The molecule has 1 aliphatic carbocycles. The van der Waals surface area contributed by atoms with E-state index >= 15 is 0 Å². The number of amides is 2. The number of carbonyl (C=O) groups is 2. The molecule has 2 aliphatic rings. The summed E-state index contributed by atoms with van der Waals surface area (Å²) in [6.45, 7) is 3.82. The molecule has 2 amide bonds. The second-order valence-electron chi connectivity index (χ2n) is 6.51. The highest BCUT2D eigenvalue weighted by Crippen LogP contribution is 2.38. The zero-order valence-electron chi connectivity index (χ0n) is 14.3. The monoisotopic (exact) mass is 344 g/mol. The largest absolute Gasteiger partial charge is 0.339 e. The predicted molar refractivity (Wildman–Crippen MR) is 85.9 cm³/mol. The van der Waals surface area contributed by atoms with Gasteiger partial charge in [0.15, 0.2) is 11.5 Å². The summed E-state index contributed by atoms with van der Waals surface area (Å²) in [5, 5.41) is 8.27. The summed E-state index contributed by atoms with van der Waals surface area (Å²) in [5.74, 6) is 1.18. The van der Waals surface area contributed by atoms with Crippen LogP contribution in [0, 0.1) is 0 Å². The maximum Gasteiger partial charge on any atom is 0.274 e. The molecule has 2 aromatic heterocycles. The van der Waals surface area contributed by atoms with Crippen LogP contribution in [-0.2, 0) is 13.1 Å². The van der Waals surface area contributed by atoms with E-state index in [1.807, 2.05) is 6.92 Å². The van der Waals surface area contributed by atoms with Crippen molar-refractivity contribution in [1.82, 2.24) is 29.7 Å². The quantitative estimate of drug-likeness (QED) is 0.799. The van der Waals surface area contributed by atoms with Gasteiger partial charge in [-0.15, -0.1) is 0 Å². The molecule has 0 atom stereocenters. The van der Waals surface area contributed by atoms with Crippen molar-refractivity contribution in [3.8, 4) is 0 Å². The van der Waals surface area contributed by atoms with E-state index in [1.165, 1.54) is 0 Å². The Balaban J connectivity index is 1.51. The van der Waals surface area contributed by atoms with Crippen LogP contribution in [0.15, 0.2) is 10.6 Å². The molecule has 0 aromatic carbocycles. The molecule has 1 saturated carbocycles. The van der Waals surface area contributed by atoms with Crippen molar-refractivity contribution in [2.75, 3.05) is 20.1 Å². The van der Waals surface area contributed by atoms with Gasteiger partial charge < -0.3 is 14.3 Å². The molecule has 9 nitrogen and oxygen atoms in total. The molecule has 1 aliphatic heterocycles. The summed E-state index contributed by atoms with van der Waals surface area (Å²) in [6, 6.07) is 1.56. The number of rotatable bonds is 5. The highest BCUT2D eigenvalue weighted by atomic mass is 16.5. The Hall–Kier alpha value is -2.71. The third kappa shape index (κ3) is 2.90. The number of hydrogen-bond acceptors (Lipinski definition) is 6. The van der Waals surface area contributed by atoms with Crippen LogP contribution in [0.2, 0.25) is 0 Å². The van der Waals surface area contributed by atoms with Crippen LogP contribution in [0.25, 0.3) is 0 Å². The fourth-order valence-corrected chi connectivity index (χ4v) is 2.89. The molecule has 3 heterocycles. The van der Waals surface area contributed by atoms with Crippen LogP contribution in [0.4, 0.5) is 0 Å². The summed E-state index contributed by atoms with van der Waals surface area (Å²) >= 11 is 0. The maximum absolute atomic E-state index is 12.8. The summed E-state index contributed by atoms with van der Waals surface area (Å²) < 4.78 is 6.84. The van der Waals surface area contributed by atoms with Gasteiger partial charge in [-0.1, -0.05) is 5.16 Å². The lowest BCUT2D eigenvalue weighted by Gasteiger charge is -2.22. The Morgan fingerprint density at radius 2 is 2.20 bits per heavy atom. The normalized spacial score (nSPS) is 16.9. The van der Waals surface area contributed by atoms with Crippen LogP contribution in [0.5, 0.6) is 0 Å². The zero-order chi connectivity index (χ0) is 17.6. The molecule has 0 saturated heterocycles. The predicted octanol–water partition coefficient (Wildman–Crippen LogP) is 0.891. The van der Waals surface area contributed by atoms with Crippen molar-refractivity contribution in [3.05, 3.63) is 29.2 Å². The van der Waals surface area contributed by atoms with Gasteiger partial charge in [-0.2, -0.15) is 10.1 Å². The SMILES string of the molecule is CCN(Cc1noc(C2CC2)n1)C(=O)c1cc2n(n1)CCN(C)C2=O. The second-order valence-corrected chi connectivity index (χ2v) is 6.51. The van der Waals surface area contributed by atoms with Gasteiger partial charge in [0.2, 0.25) is 5.89 Å². The van der Waals surface area contributed by atoms with Crippen LogP contribution in [0.1, 0.15) is 58.4 Å². The minimum Gasteiger partial charge on any atom is -0.339 e. The minimum atomic E-state index is -0.238. The number of carbonyl (C=O) groups excluding carboxylic acids is 2. The van der Waals surface area contributed by atoms with Crippen molar-refractivity contribution in [1.29, 1.82) is 0 Å². The lowest BCUT2D eigenvalue weighted by molar-refractivity contribution is 0.0728. The van der Waals surface area contributed by atoms with Gasteiger partial charge >= 0.3 is 0 Å². The van der Waals surface area contributed by atoms with Gasteiger partial charge in [-0.05, 0) is 19.8 Å². The fourth-order valence-electron chi connectivity index (χ4n) is 2.89. The van der Waals surface area contributed by atoms with E-state index in [1.54, 1.807) is 27.6 Å². The number of likely N-dealkylation sites (N-methyl/N-ethyl adjacent to an activating group) is 1. The van der Waals surface area contributed by atoms with Crippen LogP contribution in [-0.4, -0.2) is 61.7 Å². The Labute approximate surface area is 144 Å². The van der Waals surface area contributed by atoms with Gasteiger partial charge in [0.05, 0.1) is 13.1 Å². The lowest BCUT2D eigenvalue weighted by atomic mass is 10.2. The van der Waals surface area contributed by atoms with E-state index in [9.17, 15) is 9.59 Å². The minimum absolute atomic E-state index is 0.118. The molecule has 132 valence electrons. The number of nitrogens with zero attached hydrogens (tertiary/aromatic N) is 6. The van der Waals surface area contributed by atoms with Crippen LogP contribution < -0.4 is 0 Å². The summed E-state index contributed by atoms with van der Waals surface area (Å²) in [5.41, 5.74) is 0.718. The fraction of sp³-hybridized carbons (Fsp3) is 0.562. The Morgan fingerprint density at radius 1 is 1.40 bits per heavy atom. The topological polar surface area (TPSA) is 97.4 Å². The van der Waals surface area contributed by atoms with Crippen LogP contribution >= 0.6 is 0 Å². The van der Waals surface area contributed by atoms with Gasteiger partial charge in [-0.3, -0.25) is 14.3 Å². The second kappa shape index (κ2) is 5.98. The van der Waals surface area contributed by atoms with Gasteiger partial charge in [0.25, 0.3) is 11.8 Å². The molecule has 0 N–H and O–H groups in total. The molecule has 0 radical (unpaired) electrons. The Bertz CT molecular complexity index is 822. The van der Waals surface area contributed by atoms with Crippen molar-refractivity contribution < 1.29 is 14.1 Å². The van der Waals surface area contributed by atoms with E-state index in [2.05, 4.69) is 15.2 Å². The third-order valence-corrected chi connectivity index (χ3v) is 4.62. The highest BCUT2D eigenvalue weighted by molar-refractivity contribution is 5.98. The highest BCUT2D eigenvalue weighted by Gasteiger charge is 2.31. The number of fused-ring (bicyclic) bond motifs is 1. The van der Waals surface area contributed by atoms with E-state index in [0.29, 0.717) is 43.0 Å². The standard InChI is InChI=1S/C16H20N6O3/c1-3-21(9-13-17-14(25-19-13)10-4-5-10)15(23)11-8-12-16(24)20(2)6-7-22(12)18-11/h8,10H,3-7,9H2,1-2H3. The number of aromatic nitrogens is 4. The first-order chi connectivity index (χ1) is 12.1. The average molecular weight is 344 g/mol. The Morgan fingerprint density at radius 3 is 2.92 bits per heavy atom. The molecule has 4 rings (SSSR count). The van der Waals surface area contributed by atoms with Gasteiger partial charge in [-0.25, -0.2) is 0 Å². The molecular formula is C16H20N6O3. The molecule has 0 unspecified atom stereocenters. The Kier molecular flexibility index (Phi) is 3.78. The molecule has 2 aromatic rings. The van der Waals surface area contributed by atoms with Gasteiger partial charge in [0.1, 0.15) is 5.69 Å². The van der Waals surface area contributed by atoms with Crippen molar-refractivity contribution in [2.24, 2.45) is 0 Å². The van der Waals surface area contributed by atoms with E-state index in [0.717, 1.165) is 12.8 Å². The van der Waals surface area contributed by atoms with Crippen molar-refractivity contribution in [3.63, 3.8) is 0 Å². The van der Waals surface area contributed by atoms with Crippen LogP contribution in [0.3, 0.4) is 0 Å². The summed E-state index contributed by atoms with van der Waals surface area (Å²) in [7, 11) is 1.74. The summed E-state index contributed by atoms with van der Waals surface area (Å²) in [6.07, 6.45) is 2.17. The summed E-state index contributed by atoms with van der Waals surface area (Å²) in [4.78, 5) is 32.5. The first kappa shape index (κ1) is 15.8. The average Bonchev–Trinajstić information content (AvgIpc) is 3.19. The van der Waals surface area contributed by atoms with E-state index < -0.39 is 0 Å². The molecule has 0 bridgehead atoms. The number of hydrogen-bond donors (Lipinski definition) is 0. The first-order valence-corrected chi connectivity index (χ1v) is 8.52. The lowest BCUT2D eigenvalue weighted by Crippen LogP contribution is -2.37. The first-order valence-electron chi connectivity index (χ1n) is 8.52.